The van der Waals surface area contributed by atoms with Crippen LogP contribution in [0.2, 0.25) is 0 Å². The molecule has 0 radical (unpaired) electrons. The first-order valence-corrected chi connectivity index (χ1v) is 13.8. The lowest BCUT2D eigenvalue weighted by atomic mass is 9.80. The van der Waals surface area contributed by atoms with Crippen LogP contribution < -0.4 is 0 Å². The van der Waals surface area contributed by atoms with Crippen molar-refractivity contribution < 1.29 is 58.9 Å². The molecule has 0 aromatic rings. The fraction of sp³-hybridized carbons (Fsp3) is 0.767. The molecule has 2 saturated heterocycles. The van der Waals surface area contributed by atoms with Gasteiger partial charge in [-0.1, -0.05) is 41.2 Å². The topological polar surface area (TPSA) is 161 Å². The van der Waals surface area contributed by atoms with Crippen molar-refractivity contribution in [2.45, 2.75) is 112 Å². The lowest BCUT2D eigenvalue weighted by Crippen LogP contribution is -2.52. The molecule has 2 heterocycles. The normalized spacial score (nSPS) is 32.0. The van der Waals surface area contributed by atoms with E-state index in [0.29, 0.717) is 6.42 Å². The monoisotopic (exact) mass is 604 g/mol. The molecule has 0 spiro atoms. The fourth-order valence-electron chi connectivity index (χ4n) is 5.03. The Labute approximate surface area is 250 Å². The highest BCUT2D eigenvalue weighted by atomic mass is 16.6. The van der Waals surface area contributed by atoms with Crippen molar-refractivity contribution in [2.24, 2.45) is 23.7 Å². The number of carboxylic acids is 1. The van der Waals surface area contributed by atoms with Crippen LogP contribution in [0.5, 0.6) is 0 Å². The summed E-state index contributed by atoms with van der Waals surface area (Å²) < 4.78 is 32.3. The summed E-state index contributed by atoms with van der Waals surface area (Å²) in [5.74, 6) is -2.47. The molecule has 0 saturated carbocycles. The Hall–Kier alpha value is -2.99. The van der Waals surface area contributed by atoms with Gasteiger partial charge >= 0.3 is 29.8 Å². The molecule has 0 bridgehead atoms. The van der Waals surface area contributed by atoms with Gasteiger partial charge in [-0.25, -0.2) is 0 Å². The lowest BCUT2D eigenvalue weighted by molar-refractivity contribution is -0.207. The van der Waals surface area contributed by atoms with Gasteiger partial charge in [0.05, 0.1) is 24.7 Å². The van der Waals surface area contributed by atoms with E-state index in [9.17, 15) is 24.0 Å². The Morgan fingerprint density at radius 2 is 1.07 bits per heavy atom. The number of rotatable bonds is 10. The quantitative estimate of drug-likeness (QED) is 0.217. The van der Waals surface area contributed by atoms with Crippen LogP contribution in [-0.2, 0) is 52.4 Å². The van der Waals surface area contributed by atoms with Crippen LogP contribution in [0.4, 0.5) is 0 Å². The van der Waals surface area contributed by atoms with Gasteiger partial charge in [-0.05, 0) is 18.3 Å². The van der Waals surface area contributed by atoms with Gasteiger partial charge in [0.1, 0.15) is 31.5 Å². The first kappa shape index (κ1) is 39.0. The van der Waals surface area contributed by atoms with Gasteiger partial charge in [0.25, 0.3) is 0 Å². The average Bonchev–Trinajstić information content (AvgIpc) is 2.86. The van der Waals surface area contributed by atoms with E-state index in [1.807, 2.05) is 27.7 Å². The summed E-state index contributed by atoms with van der Waals surface area (Å²) in [6.07, 6.45) is -0.465. The summed E-state index contributed by atoms with van der Waals surface area (Å²) >= 11 is 0. The van der Waals surface area contributed by atoms with E-state index in [1.165, 1.54) is 27.7 Å². The van der Waals surface area contributed by atoms with Crippen LogP contribution >= 0.6 is 0 Å². The minimum absolute atomic E-state index is 0. The molecule has 10 atom stereocenters. The Kier molecular flexibility index (Phi) is 17.2. The second-order valence-corrected chi connectivity index (χ2v) is 10.7. The summed E-state index contributed by atoms with van der Waals surface area (Å²) in [4.78, 5) is 55.2. The molecule has 42 heavy (non-hydrogen) atoms. The number of ether oxygens (including phenoxy) is 6. The summed E-state index contributed by atoms with van der Waals surface area (Å²) in [6, 6.07) is 0. The molecule has 2 fully saturated rings. The Bertz CT molecular complexity index is 921. The molecule has 244 valence electrons. The van der Waals surface area contributed by atoms with Gasteiger partial charge in [-0.3, -0.25) is 24.0 Å². The van der Waals surface area contributed by atoms with E-state index in [4.69, 9.17) is 33.5 Å². The van der Waals surface area contributed by atoms with Crippen LogP contribution in [-0.4, -0.2) is 84.8 Å². The second kappa shape index (κ2) is 18.5. The fourth-order valence-corrected chi connectivity index (χ4v) is 5.03. The Balaban J connectivity index is 0. The number of carboxylic acid groups (broad SMARTS) is 1. The number of carbonyl (C=O) groups is 5. The van der Waals surface area contributed by atoms with Gasteiger partial charge in [-0.15, -0.1) is 6.58 Å². The minimum atomic E-state index is -1.04. The van der Waals surface area contributed by atoms with Crippen LogP contribution in [0.1, 0.15) is 77.1 Å². The molecular formula is C30H52O12. The molecule has 0 aromatic heterocycles. The Morgan fingerprint density at radius 3 is 1.40 bits per heavy atom. The van der Waals surface area contributed by atoms with Gasteiger partial charge in [0.15, 0.2) is 0 Å². The van der Waals surface area contributed by atoms with Crippen molar-refractivity contribution in [1.82, 2.24) is 0 Å². The van der Waals surface area contributed by atoms with Crippen molar-refractivity contribution in [3.63, 3.8) is 0 Å². The third-order valence-electron chi connectivity index (χ3n) is 7.58. The zero-order chi connectivity index (χ0) is 31.4. The molecule has 0 amide bonds. The van der Waals surface area contributed by atoms with Crippen molar-refractivity contribution in [3.05, 3.63) is 12.7 Å². The summed E-state index contributed by atoms with van der Waals surface area (Å²) in [5.41, 5.74) is 0. The zero-order valence-electron chi connectivity index (χ0n) is 25.3. The maximum absolute atomic E-state index is 11.2. The molecule has 0 aromatic carbocycles. The minimum Gasteiger partial charge on any atom is -0.481 e. The standard InChI is InChI=1S/C15H24O5.C14H22O7.CH4.H2/c1-6-7-13-15(19-12(5)17)10(3)9(2)14(20-13)8-18-11(4)16;1-7-8(2)14(20-10(4)16)11(5-13(17)18)21-12(7)6-19-9(3)15;;/h6,9-10,13-15H,1,7-8H2,2-5H3;7-8,11-12,14H,5-6H2,1-4H3,(H,17,18);1H4;1H/t9-,10-,13+,14+,15-;7-,8-,11+,12+,14-;;/m00../s1. The first-order valence-electron chi connectivity index (χ1n) is 13.8. The molecule has 12 nitrogen and oxygen atoms in total. The smallest absolute Gasteiger partial charge is 0.306 e. The highest BCUT2D eigenvalue weighted by Gasteiger charge is 2.45. The molecule has 2 aliphatic heterocycles. The molecule has 1 N–H and O–H groups in total. The molecule has 12 heteroatoms. The molecule has 0 aliphatic carbocycles. The van der Waals surface area contributed by atoms with Crippen LogP contribution in [0.15, 0.2) is 12.7 Å². The summed E-state index contributed by atoms with van der Waals surface area (Å²) in [7, 11) is 0. The van der Waals surface area contributed by atoms with Gasteiger partial charge in [0.2, 0.25) is 0 Å². The predicted octanol–water partition coefficient (Wildman–Crippen LogP) is 3.97. The number of carbonyl (C=O) groups excluding carboxylic acids is 4. The maximum Gasteiger partial charge on any atom is 0.306 e. The van der Waals surface area contributed by atoms with Crippen molar-refractivity contribution in [3.8, 4) is 0 Å². The van der Waals surface area contributed by atoms with E-state index in [-0.39, 0.29) is 82.4 Å². The maximum atomic E-state index is 11.2. The third-order valence-corrected chi connectivity index (χ3v) is 7.58. The SMILES string of the molecule is C.C=CC[C@H]1O[C@H](COC(C)=O)[C@@H](C)[C@H](C)[C@@H]1OC(C)=O.CC(=O)OC[C@H]1O[C@H](CC(=O)O)[C@@H](OC(C)=O)[C@@H](C)[C@@H]1C.[HH]. The zero-order valence-corrected chi connectivity index (χ0v) is 25.3. The van der Waals surface area contributed by atoms with E-state index in [2.05, 4.69) is 6.58 Å². The molecule has 2 rings (SSSR count). The van der Waals surface area contributed by atoms with E-state index in [1.54, 1.807) is 6.08 Å². The average molecular weight is 605 g/mol. The van der Waals surface area contributed by atoms with Gasteiger partial charge < -0.3 is 33.5 Å². The number of esters is 4. The van der Waals surface area contributed by atoms with Crippen LogP contribution in [0.25, 0.3) is 0 Å². The second-order valence-electron chi connectivity index (χ2n) is 10.7. The van der Waals surface area contributed by atoms with Crippen molar-refractivity contribution in [2.75, 3.05) is 13.2 Å². The Morgan fingerprint density at radius 1 is 0.690 bits per heavy atom. The number of aliphatic carboxylic acids is 1. The third kappa shape index (κ3) is 12.5. The van der Waals surface area contributed by atoms with E-state index in [0.717, 1.165) is 0 Å². The van der Waals surface area contributed by atoms with Crippen LogP contribution in [0, 0.1) is 23.7 Å². The summed E-state index contributed by atoms with van der Waals surface area (Å²) in [6.45, 7) is 17.1. The van der Waals surface area contributed by atoms with Crippen molar-refractivity contribution >= 4 is 29.8 Å². The predicted molar refractivity (Wildman–Crippen MR) is 154 cm³/mol. The lowest BCUT2D eigenvalue weighted by Gasteiger charge is -2.43. The number of hydrogen-bond acceptors (Lipinski definition) is 11. The van der Waals surface area contributed by atoms with Gasteiger partial charge in [0, 0.05) is 41.0 Å². The highest BCUT2D eigenvalue weighted by molar-refractivity contribution is 5.68. The molecule has 0 unspecified atom stereocenters. The van der Waals surface area contributed by atoms with Gasteiger partial charge in [-0.2, -0.15) is 0 Å². The highest BCUT2D eigenvalue weighted by Crippen LogP contribution is 2.35. The number of hydrogen-bond donors (Lipinski definition) is 1. The first-order chi connectivity index (χ1) is 19.1. The van der Waals surface area contributed by atoms with E-state index >= 15 is 0 Å². The molecule has 2 aliphatic rings. The van der Waals surface area contributed by atoms with Crippen molar-refractivity contribution in [1.29, 1.82) is 0 Å². The van der Waals surface area contributed by atoms with E-state index < -0.39 is 36.2 Å². The molecular weight excluding hydrogens is 552 g/mol. The summed E-state index contributed by atoms with van der Waals surface area (Å²) in [5, 5.41) is 8.97. The largest absolute Gasteiger partial charge is 0.481 e. The van der Waals surface area contributed by atoms with Crippen LogP contribution in [0.3, 0.4) is 0 Å².